The fourth-order valence-corrected chi connectivity index (χ4v) is 2.28. The minimum Gasteiger partial charge on any atom is -0.297 e. The van der Waals surface area contributed by atoms with Gasteiger partial charge < -0.3 is 0 Å². The van der Waals surface area contributed by atoms with Gasteiger partial charge in [0.2, 0.25) is 0 Å². The molecule has 0 spiro atoms. The van der Waals surface area contributed by atoms with Crippen molar-refractivity contribution in [1.29, 1.82) is 0 Å². The number of rotatable bonds is 1. The van der Waals surface area contributed by atoms with Gasteiger partial charge in [0, 0.05) is 31.3 Å². The highest BCUT2D eigenvalue weighted by molar-refractivity contribution is 5.91. The Balaban J connectivity index is 2.53. The second kappa shape index (κ2) is 3.17. The SMILES string of the molecule is Cc1c(C2(C)C(=O)CCN2C)cnn1C. The molecule has 1 aromatic heterocycles. The molecule has 0 N–H and O–H groups in total. The summed E-state index contributed by atoms with van der Waals surface area (Å²) in [4.78, 5) is 14.1. The van der Waals surface area contributed by atoms with Gasteiger partial charge in [0.1, 0.15) is 5.54 Å². The zero-order valence-electron chi connectivity index (χ0n) is 9.74. The highest BCUT2D eigenvalue weighted by atomic mass is 16.1. The molecule has 82 valence electrons. The van der Waals surface area contributed by atoms with Crippen LogP contribution in [0.25, 0.3) is 0 Å². The topological polar surface area (TPSA) is 38.1 Å². The molecule has 0 bridgehead atoms. The lowest BCUT2D eigenvalue weighted by atomic mass is 9.89. The molecule has 2 heterocycles. The standard InChI is InChI=1S/C11H17N3O/c1-8-9(7-12-14(8)4)11(2)10(15)5-6-13(11)3/h7H,5-6H2,1-4H3. The van der Waals surface area contributed by atoms with Crippen LogP contribution in [0, 0.1) is 6.92 Å². The van der Waals surface area contributed by atoms with Gasteiger partial charge in [-0.25, -0.2) is 0 Å². The second-order valence-corrected chi connectivity index (χ2v) is 4.43. The fraction of sp³-hybridized carbons (Fsp3) is 0.636. The second-order valence-electron chi connectivity index (χ2n) is 4.43. The number of likely N-dealkylation sites (tertiary alicyclic amines) is 1. The minimum atomic E-state index is -0.474. The smallest absolute Gasteiger partial charge is 0.158 e. The van der Waals surface area contributed by atoms with Crippen LogP contribution in [0.4, 0.5) is 0 Å². The molecule has 1 fully saturated rings. The summed E-state index contributed by atoms with van der Waals surface area (Å²) >= 11 is 0. The van der Waals surface area contributed by atoms with Crippen molar-refractivity contribution in [3.63, 3.8) is 0 Å². The van der Waals surface area contributed by atoms with Crippen LogP contribution < -0.4 is 0 Å². The van der Waals surface area contributed by atoms with Crippen LogP contribution in [-0.4, -0.2) is 34.1 Å². The third-order valence-electron chi connectivity index (χ3n) is 3.74. The van der Waals surface area contributed by atoms with Crippen molar-refractivity contribution in [3.8, 4) is 0 Å². The minimum absolute atomic E-state index is 0.293. The van der Waals surface area contributed by atoms with E-state index >= 15 is 0 Å². The molecule has 1 saturated heterocycles. The fourth-order valence-electron chi connectivity index (χ4n) is 2.28. The summed E-state index contributed by atoms with van der Waals surface area (Å²) in [5.41, 5.74) is 1.63. The van der Waals surface area contributed by atoms with Crippen molar-refractivity contribution >= 4 is 5.78 Å². The van der Waals surface area contributed by atoms with E-state index in [1.807, 2.05) is 38.8 Å². The quantitative estimate of drug-likeness (QED) is 0.685. The van der Waals surface area contributed by atoms with Crippen LogP contribution >= 0.6 is 0 Å². The molecule has 4 nitrogen and oxygen atoms in total. The zero-order valence-corrected chi connectivity index (χ0v) is 9.74. The van der Waals surface area contributed by atoms with Crippen molar-refractivity contribution < 1.29 is 4.79 Å². The summed E-state index contributed by atoms with van der Waals surface area (Å²) < 4.78 is 1.82. The van der Waals surface area contributed by atoms with Gasteiger partial charge in [-0.05, 0) is 20.9 Å². The largest absolute Gasteiger partial charge is 0.297 e. The number of ketones is 1. The first-order chi connectivity index (χ1) is 6.98. The van der Waals surface area contributed by atoms with E-state index < -0.39 is 5.54 Å². The lowest BCUT2D eigenvalue weighted by molar-refractivity contribution is -0.124. The van der Waals surface area contributed by atoms with Gasteiger partial charge in [0.05, 0.1) is 6.20 Å². The van der Waals surface area contributed by atoms with Crippen molar-refractivity contribution in [2.75, 3.05) is 13.6 Å². The van der Waals surface area contributed by atoms with Gasteiger partial charge in [-0.1, -0.05) is 0 Å². The number of aryl methyl sites for hydroxylation is 1. The van der Waals surface area contributed by atoms with E-state index in [9.17, 15) is 4.79 Å². The van der Waals surface area contributed by atoms with Crippen LogP contribution in [0.15, 0.2) is 6.20 Å². The molecule has 1 aliphatic rings. The van der Waals surface area contributed by atoms with Crippen LogP contribution in [0.2, 0.25) is 0 Å². The first kappa shape index (κ1) is 10.4. The molecule has 0 aromatic carbocycles. The van der Waals surface area contributed by atoms with Crippen LogP contribution in [0.3, 0.4) is 0 Å². The Kier molecular flexibility index (Phi) is 2.19. The van der Waals surface area contributed by atoms with E-state index in [4.69, 9.17) is 0 Å². The Labute approximate surface area is 89.9 Å². The molecule has 0 aliphatic carbocycles. The summed E-state index contributed by atoms with van der Waals surface area (Å²) in [7, 11) is 3.90. The third-order valence-corrected chi connectivity index (χ3v) is 3.74. The van der Waals surface area contributed by atoms with Crippen molar-refractivity contribution in [2.45, 2.75) is 25.8 Å². The van der Waals surface area contributed by atoms with Gasteiger partial charge in [-0.15, -0.1) is 0 Å². The molecule has 15 heavy (non-hydrogen) atoms. The highest BCUT2D eigenvalue weighted by Crippen LogP contribution is 2.35. The Morgan fingerprint density at radius 3 is 2.53 bits per heavy atom. The lowest BCUT2D eigenvalue weighted by Crippen LogP contribution is -2.40. The van der Waals surface area contributed by atoms with Gasteiger partial charge in [-0.3, -0.25) is 14.4 Å². The van der Waals surface area contributed by atoms with Crippen LogP contribution in [0.5, 0.6) is 0 Å². The number of aromatic nitrogens is 2. The van der Waals surface area contributed by atoms with E-state index in [2.05, 4.69) is 10.00 Å². The number of carbonyl (C=O) groups is 1. The Morgan fingerprint density at radius 1 is 1.47 bits per heavy atom. The molecule has 1 aromatic rings. The number of hydrogen-bond donors (Lipinski definition) is 0. The molecule has 0 amide bonds. The average molecular weight is 207 g/mol. The van der Waals surface area contributed by atoms with Crippen LogP contribution in [0.1, 0.15) is 24.6 Å². The predicted octanol–water partition coefficient (Wildman–Crippen LogP) is 0.848. The first-order valence-corrected chi connectivity index (χ1v) is 5.21. The monoisotopic (exact) mass is 207 g/mol. The summed E-state index contributed by atoms with van der Waals surface area (Å²) in [5, 5.41) is 4.21. The highest BCUT2D eigenvalue weighted by Gasteiger charge is 2.45. The molecule has 0 saturated carbocycles. The predicted molar refractivity (Wildman–Crippen MR) is 57.6 cm³/mol. The van der Waals surface area contributed by atoms with Crippen LogP contribution in [-0.2, 0) is 17.4 Å². The molecule has 1 atom stereocenters. The maximum atomic E-state index is 12.0. The van der Waals surface area contributed by atoms with Crippen molar-refractivity contribution in [1.82, 2.24) is 14.7 Å². The van der Waals surface area contributed by atoms with E-state index in [0.29, 0.717) is 12.2 Å². The molecule has 1 unspecified atom stereocenters. The van der Waals surface area contributed by atoms with E-state index in [1.54, 1.807) is 0 Å². The number of carbonyl (C=O) groups excluding carboxylic acids is 1. The number of Topliss-reactive ketones (excluding diaryl/α,β-unsaturated/α-hetero) is 1. The molecular formula is C11H17N3O. The van der Waals surface area contributed by atoms with Gasteiger partial charge in [0.25, 0.3) is 0 Å². The zero-order chi connectivity index (χ0) is 11.2. The number of nitrogens with zero attached hydrogens (tertiary/aromatic N) is 3. The molecule has 1 aliphatic heterocycles. The molecule has 4 heteroatoms. The van der Waals surface area contributed by atoms with Crippen molar-refractivity contribution in [2.24, 2.45) is 7.05 Å². The maximum absolute atomic E-state index is 12.0. The third kappa shape index (κ3) is 1.24. The average Bonchev–Trinajstić information content (AvgIpc) is 2.65. The molecule has 2 rings (SSSR count). The maximum Gasteiger partial charge on any atom is 0.158 e. The van der Waals surface area contributed by atoms with E-state index in [1.165, 1.54) is 0 Å². The Hall–Kier alpha value is -1.16. The van der Waals surface area contributed by atoms with Gasteiger partial charge in [0.15, 0.2) is 5.78 Å². The number of likely N-dealkylation sites (N-methyl/N-ethyl adjacent to an activating group) is 1. The first-order valence-electron chi connectivity index (χ1n) is 5.21. The number of hydrogen-bond acceptors (Lipinski definition) is 3. The summed E-state index contributed by atoms with van der Waals surface area (Å²) in [5.74, 6) is 0.293. The molecule has 0 radical (unpaired) electrons. The van der Waals surface area contributed by atoms with Gasteiger partial charge in [-0.2, -0.15) is 5.10 Å². The Morgan fingerprint density at radius 2 is 2.13 bits per heavy atom. The lowest BCUT2D eigenvalue weighted by Gasteiger charge is -2.30. The van der Waals surface area contributed by atoms with Crippen molar-refractivity contribution in [3.05, 3.63) is 17.5 Å². The summed E-state index contributed by atoms with van der Waals surface area (Å²) in [6, 6.07) is 0. The summed E-state index contributed by atoms with van der Waals surface area (Å²) in [6.45, 7) is 4.84. The molecular weight excluding hydrogens is 190 g/mol. The van der Waals surface area contributed by atoms with E-state index in [-0.39, 0.29) is 0 Å². The van der Waals surface area contributed by atoms with E-state index in [0.717, 1.165) is 17.8 Å². The summed E-state index contributed by atoms with van der Waals surface area (Å²) in [6.07, 6.45) is 2.45. The Bertz CT molecular complexity index is 410. The normalized spacial score (nSPS) is 27.6. The van der Waals surface area contributed by atoms with Gasteiger partial charge >= 0.3 is 0 Å².